The summed E-state index contributed by atoms with van der Waals surface area (Å²) in [6, 6.07) is 11.2. The number of aromatic nitrogens is 2. The Balaban J connectivity index is 1.67. The first kappa shape index (κ1) is 21.7. The van der Waals surface area contributed by atoms with Crippen LogP contribution in [-0.2, 0) is 25.7 Å². The topological polar surface area (TPSA) is 59.5 Å². The van der Waals surface area contributed by atoms with Crippen molar-refractivity contribution in [2.45, 2.75) is 32.6 Å². The molecule has 9 heteroatoms. The summed E-state index contributed by atoms with van der Waals surface area (Å²) < 4.78 is 51.9. The summed E-state index contributed by atoms with van der Waals surface area (Å²) in [5.74, 6) is 0.993. The second-order valence-corrected chi connectivity index (χ2v) is 7.44. The lowest BCUT2D eigenvalue weighted by Gasteiger charge is -2.22. The van der Waals surface area contributed by atoms with Crippen molar-refractivity contribution in [3.8, 4) is 11.5 Å². The van der Waals surface area contributed by atoms with Gasteiger partial charge >= 0.3 is 6.18 Å². The van der Waals surface area contributed by atoms with Crippen LogP contribution >= 0.6 is 0 Å². The molecule has 0 saturated heterocycles. The molecular weight excluding hydrogens is 421 g/mol. The first-order valence-electron chi connectivity index (χ1n) is 10.1. The normalized spacial score (nSPS) is 13.1. The van der Waals surface area contributed by atoms with Gasteiger partial charge < -0.3 is 19.7 Å². The van der Waals surface area contributed by atoms with Crippen molar-refractivity contribution < 1.29 is 22.6 Å². The lowest BCUT2D eigenvalue weighted by atomic mass is 10.1. The quantitative estimate of drug-likeness (QED) is 0.554. The number of nitrogens with one attached hydrogen (secondary N) is 1. The molecule has 4 rings (SSSR count). The number of aryl methyl sites for hydroxylation is 1. The maximum absolute atomic E-state index is 13.7. The van der Waals surface area contributed by atoms with E-state index in [0.717, 1.165) is 29.3 Å². The van der Waals surface area contributed by atoms with Crippen molar-refractivity contribution in [2.75, 3.05) is 24.4 Å². The molecule has 32 heavy (non-hydrogen) atoms. The van der Waals surface area contributed by atoms with E-state index in [1.165, 1.54) is 14.2 Å². The molecule has 0 saturated carbocycles. The number of benzene rings is 2. The van der Waals surface area contributed by atoms with Crippen LogP contribution in [0.4, 0.5) is 30.6 Å². The van der Waals surface area contributed by atoms with Gasteiger partial charge in [0.2, 0.25) is 5.95 Å². The van der Waals surface area contributed by atoms with Crippen LogP contribution in [-0.4, -0.2) is 24.2 Å². The number of hydrogen-bond donors (Lipinski definition) is 1. The molecule has 0 atom stereocenters. The van der Waals surface area contributed by atoms with Gasteiger partial charge in [-0.05, 0) is 47.4 Å². The van der Waals surface area contributed by atoms with Crippen LogP contribution in [0.2, 0.25) is 0 Å². The van der Waals surface area contributed by atoms with Crippen molar-refractivity contribution in [1.82, 2.24) is 9.97 Å². The van der Waals surface area contributed by atoms with Crippen molar-refractivity contribution >= 4 is 17.5 Å². The summed E-state index contributed by atoms with van der Waals surface area (Å²) in [5.41, 5.74) is 2.70. The number of rotatable bonds is 6. The predicted molar refractivity (Wildman–Crippen MR) is 116 cm³/mol. The second-order valence-electron chi connectivity index (χ2n) is 7.44. The number of anilines is 3. The Morgan fingerprint density at radius 1 is 1.00 bits per heavy atom. The van der Waals surface area contributed by atoms with Crippen molar-refractivity contribution in [1.29, 1.82) is 0 Å². The standard InChI is InChI=1S/C23H23F3N4O2/c1-4-14-5-7-17(8-6-14)28-22-27-11-18(23(24,25)26)21(29-22)30-12-15-9-19(31-2)20(32-3)10-16(15)13-30/h5-11H,4,12-13H2,1-3H3,(H,27,28,29). The van der Waals surface area contributed by atoms with Crippen LogP contribution < -0.4 is 19.7 Å². The summed E-state index contributed by atoms with van der Waals surface area (Å²) in [5, 5.41) is 3.00. The van der Waals surface area contributed by atoms with Crippen LogP contribution in [0.5, 0.6) is 11.5 Å². The van der Waals surface area contributed by atoms with Gasteiger partial charge in [0.25, 0.3) is 0 Å². The highest BCUT2D eigenvalue weighted by Gasteiger charge is 2.38. The molecular formula is C23H23F3N4O2. The van der Waals surface area contributed by atoms with Gasteiger partial charge in [0, 0.05) is 25.0 Å². The molecule has 3 aromatic rings. The summed E-state index contributed by atoms with van der Waals surface area (Å²) in [7, 11) is 3.04. The zero-order chi connectivity index (χ0) is 22.9. The Hall–Kier alpha value is -3.49. The molecule has 168 valence electrons. The molecule has 0 radical (unpaired) electrons. The summed E-state index contributed by atoms with van der Waals surface area (Å²) >= 11 is 0. The molecule has 2 aromatic carbocycles. The molecule has 6 nitrogen and oxygen atoms in total. The third-order valence-electron chi connectivity index (χ3n) is 5.42. The van der Waals surface area contributed by atoms with Crippen molar-refractivity contribution in [3.63, 3.8) is 0 Å². The summed E-state index contributed by atoms with van der Waals surface area (Å²) in [6.07, 6.45) is -2.86. The van der Waals surface area contributed by atoms with Gasteiger partial charge in [-0.3, -0.25) is 0 Å². The largest absolute Gasteiger partial charge is 0.493 e. The van der Waals surface area contributed by atoms with Crippen LogP contribution in [0.25, 0.3) is 0 Å². The first-order valence-corrected chi connectivity index (χ1v) is 10.1. The fourth-order valence-electron chi connectivity index (χ4n) is 3.70. The maximum Gasteiger partial charge on any atom is 0.421 e. The van der Waals surface area contributed by atoms with E-state index in [4.69, 9.17) is 9.47 Å². The Kier molecular flexibility index (Phi) is 5.82. The minimum absolute atomic E-state index is 0.100. The highest BCUT2D eigenvalue weighted by atomic mass is 19.4. The minimum Gasteiger partial charge on any atom is -0.493 e. The highest BCUT2D eigenvalue weighted by molar-refractivity contribution is 5.60. The Morgan fingerprint density at radius 3 is 2.09 bits per heavy atom. The van der Waals surface area contributed by atoms with Gasteiger partial charge in [0.1, 0.15) is 11.4 Å². The number of alkyl halides is 3. The highest BCUT2D eigenvalue weighted by Crippen LogP contribution is 2.41. The molecule has 0 spiro atoms. The third-order valence-corrected chi connectivity index (χ3v) is 5.42. The smallest absolute Gasteiger partial charge is 0.421 e. The average molecular weight is 444 g/mol. The molecule has 1 N–H and O–H groups in total. The first-order chi connectivity index (χ1) is 15.3. The van der Waals surface area contributed by atoms with Gasteiger partial charge in [-0.1, -0.05) is 19.1 Å². The molecule has 0 unspecified atom stereocenters. The lowest BCUT2D eigenvalue weighted by Crippen LogP contribution is -2.22. The van der Waals surface area contributed by atoms with E-state index >= 15 is 0 Å². The van der Waals surface area contributed by atoms with E-state index in [2.05, 4.69) is 15.3 Å². The van der Waals surface area contributed by atoms with Crippen LogP contribution in [0.1, 0.15) is 29.2 Å². The predicted octanol–water partition coefficient (Wildman–Crippen LogP) is 5.34. The Morgan fingerprint density at radius 2 is 1.59 bits per heavy atom. The van der Waals surface area contributed by atoms with Gasteiger partial charge in [0.05, 0.1) is 14.2 Å². The van der Waals surface area contributed by atoms with Crippen LogP contribution in [0.3, 0.4) is 0 Å². The number of nitrogens with zero attached hydrogens (tertiary/aromatic N) is 3. The van der Waals surface area contributed by atoms with Gasteiger partial charge in [-0.15, -0.1) is 0 Å². The van der Waals surface area contributed by atoms with Gasteiger partial charge in [-0.2, -0.15) is 18.2 Å². The maximum atomic E-state index is 13.7. The molecule has 0 amide bonds. The second kappa shape index (κ2) is 8.57. The molecule has 0 bridgehead atoms. The molecule has 2 heterocycles. The average Bonchev–Trinajstić information content (AvgIpc) is 3.20. The SMILES string of the molecule is CCc1ccc(Nc2ncc(C(F)(F)F)c(N3Cc4cc(OC)c(OC)cc4C3)n2)cc1. The number of ether oxygens (including phenoxy) is 2. The van der Waals surface area contributed by atoms with Gasteiger partial charge in [-0.25, -0.2) is 4.98 Å². The van der Waals surface area contributed by atoms with Crippen LogP contribution in [0, 0.1) is 0 Å². The number of methoxy groups -OCH3 is 2. The van der Waals surface area contributed by atoms with E-state index in [-0.39, 0.29) is 24.9 Å². The van der Waals surface area contributed by atoms with Gasteiger partial charge in [0.15, 0.2) is 11.5 Å². The van der Waals surface area contributed by atoms with E-state index < -0.39 is 11.7 Å². The third kappa shape index (κ3) is 4.28. The number of hydrogen-bond acceptors (Lipinski definition) is 6. The number of fused-ring (bicyclic) bond motifs is 1. The molecule has 1 aliphatic rings. The fraction of sp³-hybridized carbons (Fsp3) is 0.304. The molecule has 1 aromatic heterocycles. The fourth-order valence-corrected chi connectivity index (χ4v) is 3.70. The zero-order valence-electron chi connectivity index (χ0n) is 18.0. The Labute approximate surface area is 184 Å². The van der Waals surface area contributed by atoms with E-state index in [1.54, 1.807) is 17.0 Å². The lowest BCUT2D eigenvalue weighted by molar-refractivity contribution is -0.137. The van der Waals surface area contributed by atoms with Crippen molar-refractivity contribution in [3.05, 3.63) is 64.8 Å². The molecule has 1 aliphatic heterocycles. The minimum atomic E-state index is -4.58. The molecule has 0 fully saturated rings. The van der Waals surface area contributed by atoms with Crippen molar-refractivity contribution in [2.24, 2.45) is 0 Å². The monoisotopic (exact) mass is 444 g/mol. The van der Waals surface area contributed by atoms with Crippen LogP contribution in [0.15, 0.2) is 42.6 Å². The Bertz CT molecular complexity index is 1080. The van der Waals surface area contributed by atoms with E-state index in [9.17, 15) is 13.2 Å². The summed E-state index contributed by atoms with van der Waals surface area (Å²) in [6.45, 7) is 2.58. The van der Waals surface area contributed by atoms with E-state index in [0.29, 0.717) is 17.2 Å². The number of halogens is 3. The molecule has 0 aliphatic carbocycles. The zero-order valence-corrected chi connectivity index (χ0v) is 18.0. The van der Waals surface area contributed by atoms with E-state index in [1.807, 2.05) is 31.2 Å². The summed E-state index contributed by atoms with van der Waals surface area (Å²) in [4.78, 5) is 9.74.